The molecule has 0 bridgehead atoms. The summed E-state index contributed by atoms with van der Waals surface area (Å²) in [4.78, 5) is 12.3. The number of rotatable bonds is 3. The van der Waals surface area contributed by atoms with Crippen molar-refractivity contribution in [2.75, 3.05) is 6.54 Å². The number of hydrogen-bond acceptors (Lipinski definition) is 2. The first-order valence-corrected chi connectivity index (χ1v) is 7.59. The molecule has 0 saturated heterocycles. The van der Waals surface area contributed by atoms with E-state index in [4.69, 9.17) is 17.3 Å². The number of hydrogen-bond donors (Lipinski definition) is 1. The van der Waals surface area contributed by atoms with Crippen LogP contribution < -0.4 is 5.73 Å². The fraction of sp³-hybridized carbons (Fsp3) is 0.500. The van der Waals surface area contributed by atoms with Gasteiger partial charge in [-0.15, -0.1) is 0 Å². The van der Waals surface area contributed by atoms with E-state index in [1.54, 1.807) is 6.07 Å². The molecule has 0 unspecified atom stereocenters. The summed E-state index contributed by atoms with van der Waals surface area (Å²) in [6, 6.07) is 3.12. The summed E-state index contributed by atoms with van der Waals surface area (Å²) in [6.07, 6.45) is 3.46. The monoisotopic (exact) mass is 347 g/mol. The van der Waals surface area contributed by atoms with Gasteiger partial charge in [0.25, 0.3) is 0 Å². The lowest BCUT2D eigenvalue weighted by atomic mass is 9.78. The molecule has 1 aromatic rings. The second-order valence-corrected chi connectivity index (χ2v) is 6.27. The molecular weight excluding hydrogens is 333 g/mol. The fourth-order valence-electron chi connectivity index (χ4n) is 2.60. The number of carbonyl (C=O) groups excluding carboxylic acids is 1. The summed E-state index contributed by atoms with van der Waals surface area (Å²) in [5, 5.41) is -0.0264. The minimum absolute atomic E-state index is 0.0264. The Kier molecular flexibility index (Phi) is 4.98. The lowest BCUT2D eigenvalue weighted by Crippen LogP contribution is -2.26. The van der Waals surface area contributed by atoms with Crippen molar-refractivity contribution in [3.05, 3.63) is 33.0 Å². The first kappa shape index (κ1) is 14.9. The second-order valence-electron chi connectivity index (χ2n) is 5.04. The summed E-state index contributed by atoms with van der Waals surface area (Å²) < 4.78 is 14.5. The average Bonchev–Trinajstić information content (AvgIpc) is 2.44. The van der Waals surface area contributed by atoms with Gasteiger partial charge >= 0.3 is 0 Å². The van der Waals surface area contributed by atoms with E-state index >= 15 is 0 Å². The van der Waals surface area contributed by atoms with Crippen molar-refractivity contribution < 1.29 is 9.18 Å². The first-order valence-electron chi connectivity index (χ1n) is 6.42. The van der Waals surface area contributed by atoms with Crippen LogP contribution in [0.1, 0.15) is 36.0 Å². The van der Waals surface area contributed by atoms with Crippen LogP contribution in [0.4, 0.5) is 4.39 Å². The molecular formula is C14H16BrClFNO. The molecule has 104 valence electrons. The predicted octanol–water partition coefficient (Wildman–Crippen LogP) is 4.19. The SMILES string of the molecule is NCC1CCC(C(=O)c2ccc(Br)c(Cl)c2F)CC1. The minimum Gasteiger partial charge on any atom is -0.330 e. The molecule has 1 fully saturated rings. The highest BCUT2D eigenvalue weighted by Crippen LogP contribution is 2.33. The topological polar surface area (TPSA) is 43.1 Å². The summed E-state index contributed by atoms with van der Waals surface area (Å²) in [5.41, 5.74) is 5.73. The van der Waals surface area contributed by atoms with Crippen molar-refractivity contribution >= 4 is 33.3 Å². The van der Waals surface area contributed by atoms with Crippen molar-refractivity contribution in [2.45, 2.75) is 25.7 Å². The number of halogens is 3. The maximum atomic E-state index is 14.0. The number of ketones is 1. The van der Waals surface area contributed by atoms with Gasteiger partial charge in [0.15, 0.2) is 11.6 Å². The quantitative estimate of drug-likeness (QED) is 0.657. The summed E-state index contributed by atoms with van der Waals surface area (Å²) in [6.45, 7) is 0.666. The molecule has 2 N–H and O–H groups in total. The molecule has 1 aliphatic rings. The summed E-state index contributed by atoms with van der Waals surface area (Å²) in [7, 11) is 0. The Morgan fingerprint density at radius 3 is 2.58 bits per heavy atom. The van der Waals surface area contributed by atoms with Gasteiger partial charge in [-0.25, -0.2) is 4.39 Å². The standard InChI is InChI=1S/C14H16BrClFNO/c15-11-6-5-10(13(17)12(11)16)14(19)9-3-1-8(7-18)2-4-9/h5-6,8-9H,1-4,7,18H2. The minimum atomic E-state index is -0.623. The largest absolute Gasteiger partial charge is 0.330 e. The smallest absolute Gasteiger partial charge is 0.168 e. The van der Waals surface area contributed by atoms with Crippen molar-refractivity contribution in [3.63, 3.8) is 0 Å². The average molecular weight is 349 g/mol. The fourth-order valence-corrected chi connectivity index (χ4v) is 3.07. The summed E-state index contributed by atoms with van der Waals surface area (Å²) >= 11 is 8.97. The highest BCUT2D eigenvalue weighted by Gasteiger charge is 2.28. The molecule has 5 heteroatoms. The van der Waals surface area contributed by atoms with Gasteiger partial charge in [0.1, 0.15) is 0 Å². The van der Waals surface area contributed by atoms with Crippen molar-refractivity contribution in [2.24, 2.45) is 17.6 Å². The third-order valence-corrected chi connectivity index (χ3v) is 5.11. The second kappa shape index (κ2) is 6.33. The van der Waals surface area contributed by atoms with Gasteiger partial charge in [-0.2, -0.15) is 0 Å². The van der Waals surface area contributed by atoms with Crippen LogP contribution in [-0.4, -0.2) is 12.3 Å². The molecule has 19 heavy (non-hydrogen) atoms. The normalized spacial score (nSPS) is 23.4. The van der Waals surface area contributed by atoms with E-state index in [-0.39, 0.29) is 22.3 Å². The lowest BCUT2D eigenvalue weighted by molar-refractivity contribution is 0.0869. The first-order chi connectivity index (χ1) is 9.04. The van der Waals surface area contributed by atoms with Gasteiger partial charge in [-0.3, -0.25) is 4.79 Å². The molecule has 0 aliphatic heterocycles. The van der Waals surface area contributed by atoms with E-state index in [0.717, 1.165) is 25.7 Å². The maximum absolute atomic E-state index is 14.0. The molecule has 0 radical (unpaired) electrons. The third kappa shape index (κ3) is 3.18. The van der Waals surface area contributed by atoms with Gasteiger partial charge in [-0.1, -0.05) is 11.6 Å². The predicted molar refractivity (Wildman–Crippen MR) is 77.9 cm³/mol. The van der Waals surface area contributed by atoms with Crippen molar-refractivity contribution in [1.82, 2.24) is 0 Å². The molecule has 0 atom stereocenters. The van der Waals surface area contributed by atoms with Crippen LogP contribution in [0.5, 0.6) is 0 Å². The molecule has 2 nitrogen and oxygen atoms in total. The lowest BCUT2D eigenvalue weighted by Gasteiger charge is -2.26. The maximum Gasteiger partial charge on any atom is 0.168 e. The van der Waals surface area contributed by atoms with Crippen LogP contribution in [-0.2, 0) is 0 Å². The molecule has 1 aliphatic carbocycles. The number of nitrogens with two attached hydrogens (primary N) is 1. The Labute approximate surface area is 125 Å². The Morgan fingerprint density at radius 2 is 2.00 bits per heavy atom. The van der Waals surface area contributed by atoms with Crippen LogP contribution in [0.2, 0.25) is 5.02 Å². The summed E-state index contributed by atoms with van der Waals surface area (Å²) in [5.74, 6) is -0.360. The number of benzene rings is 1. The van der Waals surface area contributed by atoms with Gasteiger partial charge in [0, 0.05) is 10.4 Å². The van der Waals surface area contributed by atoms with Gasteiger partial charge in [0.2, 0.25) is 0 Å². The zero-order valence-electron chi connectivity index (χ0n) is 10.5. The van der Waals surface area contributed by atoms with Crippen LogP contribution in [0.15, 0.2) is 16.6 Å². The highest BCUT2D eigenvalue weighted by molar-refractivity contribution is 9.10. The zero-order chi connectivity index (χ0) is 14.0. The van der Waals surface area contributed by atoms with E-state index in [9.17, 15) is 9.18 Å². The molecule has 0 amide bonds. The Bertz CT molecular complexity index is 487. The van der Waals surface area contributed by atoms with Gasteiger partial charge in [-0.05, 0) is 66.2 Å². The van der Waals surface area contributed by atoms with E-state index in [2.05, 4.69) is 15.9 Å². The molecule has 0 heterocycles. The molecule has 0 aromatic heterocycles. The van der Waals surface area contributed by atoms with Crippen molar-refractivity contribution in [1.29, 1.82) is 0 Å². The van der Waals surface area contributed by atoms with Gasteiger partial charge < -0.3 is 5.73 Å². The molecule has 1 saturated carbocycles. The third-order valence-electron chi connectivity index (χ3n) is 3.85. The zero-order valence-corrected chi connectivity index (χ0v) is 12.8. The number of carbonyl (C=O) groups is 1. The Hall–Kier alpha value is -0.450. The van der Waals surface area contributed by atoms with Gasteiger partial charge in [0.05, 0.1) is 10.6 Å². The van der Waals surface area contributed by atoms with E-state index < -0.39 is 5.82 Å². The van der Waals surface area contributed by atoms with Crippen LogP contribution >= 0.6 is 27.5 Å². The van der Waals surface area contributed by atoms with Crippen molar-refractivity contribution in [3.8, 4) is 0 Å². The Morgan fingerprint density at radius 1 is 1.37 bits per heavy atom. The van der Waals surface area contributed by atoms with E-state index in [0.29, 0.717) is 16.9 Å². The molecule has 1 aromatic carbocycles. The van der Waals surface area contributed by atoms with Crippen LogP contribution in [0.25, 0.3) is 0 Å². The highest BCUT2D eigenvalue weighted by atomic mass is 79.9. The Balaban J connectivity index is 2.15. The van der Waals surface area contributed by atoms with Crippen LogP contribution in [0.3, 0.4) is 0 Å². The molecule has 0 spiro atoms. The molecule has 2 rings (SSSR count). The van der Waals surface area contributed by atoms with E-state index in [1.807, 2.05) is 0 Å². The number of Topliss-reactive ketones (excluding diaryl/α,β-unsaturated/α-hetero) is 1. The van der Waals surface area contributed by atoms with E-state index in [1.165, 1.54) is 6.07 Å². The van der Waals surface area contributed by atoms with Crippen LogP contribution in [0, 0.1) is 17.7 Å².